The van der Waals surface area contributed by atoms with E-state index in [4.69, 9.17) is 9.47 Å². The Morgan fingerprint density at radius 3 is 2.67 bits per heavy atom. The number of hydrogen-bond acceptors (Lipinski definition) is 6. The maximum Gasteiger partial charge on any atom is 0.327 e. The molecule has 0 saturated carbocycles. The Kier molecular flexibility index (Phi) is 5.54. The average Bonchev–Trinajstić information content (AvgIpc) is 2.58. The van der Waals surface area contributed by atoms with Crippen LogP contribution in [0.5, 0.6) is 11.5 Å². The molecule has 128 valence electrons. The van der Waals surface area contributed by atoms with Crippen LogP contribution < -0.4 is 14.8 Å². The molecule has 24 heavy (non-hydrogen) atoms. The molecule has 0 heterocycles. The van der Waals surface area contributed by atoms with Crippen molar-refractivity contribution in [1.82, 2.24) is 0 Å². The third-order valence-electron chi connectivity index (χ3n) is 3.45. The number of para-hydroxylation sites is 1. The normalized spacial score (nSPS) is 11.7. The number of anilines is 1. The fourth-order valence-corrected chi connectivity index (χ4v) is 2.26. The van der Waals surface area contributed by atoms with Crippen LogP contribution in [0.1, 0.15) is 11.7 Å². The fraction of sp³-hybridized carbons (Fsp3) is 0.250. The Balaban J connectivity index is 2.21. The summed E-state index contributed by atoms with van der Waals surface area (Å²) in [5, 5.41) is 24.0. The Bertz CT molecular complexity index is 738. The molecule has 0 aromatic heterocycles. The molecule has 0 bridgehead atoms. The summed E-state index contributed by atoms with van der Waals surface area (Å²) in [5.41, 5.74) is -0.230. The quantitative estimate of drug-likeness (QED) is 0.596. The molecule has 2 rings (SSSR count). The van der Waals surface area contributed by atoms with Crippen LogP contribution in [0.15, 0.2) is 36.4 Å². The van der Waals surface area contributed by atoms with Crippen molar-refractivity contribution in [3.8, 4) is 11.5 Å². The molecule has 2 N–H and O–H groups in total. The highest BCUT2D eigenvalue weighted by atomic mass is 19.1. The van der Waals surface area contributed by atoms with Crippen LogP contribution in [0, 0.1) is 15.9 Å². The molecule has 0 aliphatic heterocycles. The molecule has 0 amide bonds. The molecular formula is C16H17FN2O5. The molecule has 0 saturated heterocycles. The Hall–Kier alpha value is -2.87. The van der Waals surface area contributed by atoms with Crippen molar-refractivity contribution >= 4 is 11.4 Å². The first-order valence-corrected chi connectivity index (χ1v) is 7.04. The highest BCUT2D eigenvalue weighted by Gasteiger charge is 2.21. The van der Waals surface area contributed by atoms with Crippen LogP contribution in [0.25, 0.3) is 0 Å². The second kappa shape index (κ2) is 7.60. The molecule has 0 fully saturated rings. The van der Waals surface area contributed by atoms with Gasteiger partial charge >= 0.3 is 5.69 Å². The van der Waals surface area contributed by atoms with Crippen LogP contribution in [0.3, 0.4) is 0 Å². The van der Waals surface area contributed by atoms with Gasteiger partial charge in [0.2, 0.25) is 5.82 Å². The van der Waals surface area contributed by atoms with Gasteiger partial charge in [0, 0.05) is 12.1 Å². The van der Waals surface area contributed by atoms with Crippen LogP contribution in [-0.2, 0) is 0 Å². The van der Waals surface area contributed by atoms with Crippen molar-refractivity contribution in [1.29, 1.82) is 0 Å². The maximum atomic E-state index is 13.6. The van der Waals surface area contributed by atoms with E-state index in [-0.39, 0.29) is 12.2 Å². The smallest absolute Gasteiger partial charge is 0.327 e. The van der Waals surface area contributed by atoms with Gasteiger partial charge < -0.3 is 19.9 Å². The lowest BCUT2D eigenvalue weighted by atomic mass is 10.1. The van der Waals surface area contributed by atoms with Crippen molar-refractivity contribution in [2.45, 2.75) is 6.10 Å². The van der Waals surface area contributed by atoms with Gasteiger partial charge in [0.25, 0.3) is 0 Å². The first kappa shape index (κ1) is 17.5. The number of nitrogens with zero attached hydrogens (tertiary/aromatic N) is 1. The topological polar surface area (TPSA) is 93.9 Å². The van der Waals surface area contributed by atoms with Crippen molar-refractivity contribution in [3.63, 3.8) is 0 Å². The van der Waals surface area contributed by atoms with Crippen LogP contribution in [-0.4, -0.2) is 30.8 Å². The Morgan fingerprint density at radius 1 is 1.29 bits per heavy atom. The molecule has 2 aromatic rings. The van der Waals surface area contributed by atoms with Crippen LogP contribution in [0.4, 0.5) is 15.8 Å². The van der Waals surface area contributed by atoms with Gasteiger partial charge in [0.05, 0.1) is 25.2 Å². The molecule has 7 nitrogen and oxygen atoms in total. The second-order valence-corrected chi connectivity index (χ2v) is 4.90. The zero-order chi connectivity index (χ0) is 17.7. The maximum absolute atomic E-state index is 13.6. The van der Waals surface area contributed by atoms with E-state index in [9.17, 15) is 19.6 Å². The number of methoxy groups -OCH3 is 2. The van der Waals surface area contributed by atoms with Gasteiger partial charge in [0.15, 0.2) is 0 Å². The third kappa shape index (κ3) is 3.72. The number of nitro groups is 1. The van der Waals surface area contributed by atoms with Gasteiger partial charge in [-0.2, -0.15) is 4.39 Å². The minimum Gasteiger partial charge on any atom is -0.497 e. The summed E-state index contributed by atoms with van der Waals surface area (Å²) in [7, 11) is 2.95. The lowest BCUT2D eigenvalue weighted by Crippen LogP contribution is -2.14. The van der Waals surface area contributed by atoms with E-state index in [2.05, 4.69) is 5.32 Å². The number of benzene rings is 2. The van der Waals surface area contributed by atoms with Crippen molar-refractivity contribution in [3.05, 3.63) is 57.9 Å². The summed E-state index contributed by atoms with van der Waals surface area (Å²) in [6.45, 7) is -0.0756. The van der Waals surface area contributed by atoms with Gasteiger partial charge in [-0.05, 0) is 30.3 Å². The summed E-state index contributed by atoms with van der Waals surface area (Å²) < 4.78 is 23.9. The van der Waals surface area contributed by atoms with Gasteiger partial charge in [-0.15, -0.1) is 0 Å². The van der Waals surface area contributed by atoms with Crippen LogP contribution >= 0.6 is 0 Å². The molecule has 0 aliphatic carbocycles. The van der Waals surface area contributed by atoms with Crippen LogP contribution in [0.2, 0.25) is 0 Å². The van der Waals surface area contributed by atoms with E-state index in [1.54, 1.807) is 18.2 Å². The number of aliphatic hydroxyl groups excluding tert-OH is 1. The zero-order valence-corrected chi connectivity index (χ0v) is 13.2. The van der Waals surface area contributed by atoms with E-state index in [1.807, 2.05) is 0 Å². The lowest BCUT2D eigenvalue weighted by molar-refractivity contribution is -0.386. The SMILES string of the molecule is COc1ccc(OC)c(C(O)CNc2cccc(F)c2[N+](=O)[O-])c1. The summed E-state index contributed by atoms with van der Waals surface area (Å²) in [6.07, 6.45) is -1.04. The van der Waals surface area contributed by atoms with E-state index >= 15 is 0 Å². The van der Waals surface area contributed by atoms with Gasteiger partial charge in [0.1, 0.15) is 17.2 Å². The Labute approximate surface area is 137 Å². The zero-order valence-electron chi connectivity index (χ0n) is 13.2. The molecule has 1 atom stereocenters. The van der Waals surface area contributed by atoms with Gasteiger partial charge in [-0.3, -0.25) is 10.1 Å². The van der Waals surface area contributed by atoms with E-state index in [0.29, 0.717) is 17.1 Å². The number of ether oxygens (including phenoxy) is 2. The van der Waals surface area contributed by atoms with Crippen molar-refractivity contribution in [2.75, 3.05) is 26.1 Å². The summed E-state index contributed by atoms with van der Waals surface area (Å²) in [4.78, 5) is 10.2. The number of nitro benzene ring substituents is 1. The monoisotopic (exact) mass is 336 g/mol. The summed E-state index contributed by atoms with van der Waals surface area (Å²) >= 11 is 0. The highest BCUT2D eigenvalue weighted by Crippen LogP contribution is 2.31. The Morgan fingerprint density at radius 2 is 2.04 bits per heavy atom. The summed E-state index contributed by atoms with van der Waals surface area (Å²) in [6, 6.07) is 8.65. The minimum absolute atomic E-state index is 0.0130. The second-order valence-electron chi connectivity index (χ2n) is 4.90. The molecule has 1 unspecified atom stereocenters. The van der Waals surface area contributed by atoms with Gasteiger partial charge in [-0.1, -0.05) is 6.07 Å². The van der Waals surface area contributed by atoms with E-state index in [1.165, 1.54) is 26.4 Å². The number of aliphatic hydroxyl groups is 1. The third-order valence-corrected chi connectivity index (χ3v) is 3.45. The predicted octanol–water partition coefficient (Wildman–Crippen LogP) is 2.90. The number of nitrogens with one attached hydrogen (secondary N) is 1. The first-order chi connectivity index (χ1) is 11.5. The van der Waals surface area contributed by atoms with E-state index in [0.717, 1.165) is 6.07 Å². The molecular weight excluding hydrogens is 319 g/mol. The predicted molar refractivity (Wildman–Crippen MR) is 86.0 cm³/mol. The van der Waals surface area contributed by atoms with Crippen molar-refractivity contribution in [2.24, 2.45) is 0 Å². The van der Waals surface area contributed by atoms with Gasteiger partial charge in [-0.25, -0.2) is 0 Å². The fourth-order valence-electron chi connectivity index (χ4n) is 2.26. The molecule has 8 heteroatoms. The van der Waals surface area contributed by atoms with Crippen molar-refractivity contribution < 1.29 is 23.9 Å². The number of hydrogen-bond donors (Lipinski definition) is 2. The largest absolute Gasteiger partial charge is 0.497 e. The minimum atomic E-state index is -1.04. The molecule has 2 aromatic carbocycles. The lowest BCUT2D eigenvalue weighted by Gasteiger charge is -2.17. The molecule has 0 aliphatic rings. The number of halogens is 1. The highest BCUT2D eigenvalue weighted by molar-refractivity contribution is 5.62. The summed E-state index contributed by atoms with van der Waals surface area (Å²) in [5.74, 6) is 0.0267. The molecule has 0 radical (unpaired) electrons. The molecule has 0 spiro atoms. The average molecular weight is 336 g/mol. The van der Waals surface area contributed by atoms with E-state index < -0.39 is 22.5 Å². The number of rotatable bonds is 7. The standard InChI is InChI=1S/C16H17FN2O5/c1-23-10-6-7-15(24-2)11(8-10)14(20)9-18-13-5-3-4-12(17)16(13)19(21)22/h3-8,14,18,20H,9H2,1-2H3. The first-order valence-electron chi connectivity index (χ1n) is 7.04.